The number of fused-ring (bicyclic) bond motifs is 2. The summed E-state index contributed by atoms with van der Waals surface area (Å²) >= 11 is 3.90. The average molecular weight is 416 g/mol. The Hall–Kier alpha value is -2.11. The fraction of sp³-hybridized carbons (Fsp3) is 0. The maximum atomic E-state index is 9.37. The molecule has 3 aromatic heterocycles. The number of aromatic amines is 1. The van der Waals surface area contributed by atoms with Gasteiger partial charge in [0.25, 0.3) is 0 Å². The Labute approximate surface area is 143 Å². The topological polar surface area (TPSA) is 64.5 Å². The van der Waals surface area contributed by atoms with E-state index < -0.39 is 0 Å². The van der Waals surface area contributed by atoms with E-state index in [9.17, 15) is 5.26 Å². The first-order chi connectivity index (χ1) is 10.7. The monoisotopic (exact) mass is 416 g/mol. The normalized spacial score (nSPS) is 10.9. The smallest absolute Gasteiger partial charge is 0.126 e. The molecule has 4 rings (SSSR count). The van der Waals surface area contributed by atoms with E-state index >= 15 is 0 Å². The van der Waals surface area contributed by atoms with Gasteiger partial charge in [-0.25, -0.2) is 4.98 Å². The second-order valence-corrected chi connectivity index (χ2v) is 7.76. The number of hydrogen-bond acceptors (Lipinski definition) is 4. The zero-order chi connectivity index (χ0) is 15.1. The molecule has 0 spiro atoms. The highest BCUT2D eigenvalue weighted by Crippen LogP contribution is 2.34. The molecule has 1 aromatic carbocycles. The number of pyridine rings is 1. The van der Waals surface area contributed by atoms with Crippen molar-refractivity contribution in [1.82, 2.24) is 9.97 Å². The number of rotatable bonds is 2. The predicted octanol–water partition coefficient (Wildman–Crippen LogP) is 5.00. The lowest BCUT2D eigenvalue weighted by atomic mass is 10.1. The molecule has 0 aliphatic heterocycles. The number of halogens is 1. The maximum Gasteiger partial charge on any atom is 0.126 e. The maximum absolute atomic E-state index is 9.37. The van der Waals surface area contributed by atoms with Crippen molar-refractivity contribution >= 4 is 66.4 Å². The molecule has 0 saturated heterocycles. The van der Waals surface area contributed by atoms with Crippen molar-refractivity contribution in [2.75, 3.05) is 5.32 Å². The molecule has 22 heavy (non-hydrogen) atoms. The molecule has 4 nitrogen and oxygen atoms in total. The minimum absolute atomic E-state index is 0.552. The van der Waals surface area contributed by atoms with Crippen LogP contribution in [-0.2, 0) is 0 Å². The predicted molar refractivity (Wildman–Crippen MR) is 98.6 cm³/mol. The fourth-order valence-corrected chi connectivity index (χ4v) is 4.13. The Bertz CT molecular complexity index is 1040. The first-order valence-corrected chi connectivity index (χ1v) is 8.46. The van der Waals surface area contributed by atoms with Crippen LogP contribution >= 0.6 is 33.9 Å². The summed E-state index contributed by atoms with van der Waals surface area (Å²) < 4.78 is 1.15. The number of H-pyrrole nitrogens is 1. The molecular formula is C16H9IN4S. The minimum Gasteiger partial charge on any atom is -0.361 e. The fourth-order valence-electron chi connectivity index (χ4n) is 2.45. The average Bonchev–Trinajstić information content (AvgIpc) is 3.12. The number of benzene rings is 1. The van der Waals surface area contributed by atoms with Gasteiger partial charge in [0, 0.05) is 34.4 Å². The summed E-state index contributed by atoms with van der Waals surface area (Å²) in [5, 5.41) is 14.9. The van der Waals surface area contributed by atoms with E-state index in [0.29, 0.717) is 5.56 Å². The number of aromatic nitrogens is 2. The lowest BCUT2D eigenvalue weighted by molar-refractivity contribution is 1.38. The van der Waals surface area contributed by atoms with E-state index in [1.54, 1.807) is 17.5 Å². The third-order valence-corrected chi connectivity index (χ3v) is 5.28. The summed E-state index contributed by atoms with van der Waals surface area (Å²) in [6.07, 6.45) is 3.55. The first-order valence-electron chi connectivity index (χ1n) is 6.57. The molecule has 3 heterocycles. The Kier molecular flexibility index (Phi) is 3.24. The first kappa shape index (κ1) is 13.5. The van der Waals surface area contributed by atoms with Crippen LogP contribution in [0.4, 0.5) is 11.4 Å². The van der Waals surface area contributed by atoms with Gasteiger partial charge in [-0.05, 0) is 52.9 Å². The van der Waals surface area contributed by atoms with Gasteiger partial charge in [-0.2, -0.15) is 5.26 Å². The zero-order valence-corrected chi connectivity index (χ0v) is 14.2. The van der Waals surface area contributed by atoms with Crippen molar-refractivity contribution in [1.29, 1.82) is 5.26 Å². The van der Waals surface area contributed by atoms with E-state index in [2.05, 4.69) is 56.1 Å². The standard InChI is InChI=1S/C16H9IN4S/c17-14-6-12-15(10(7-18)8-20-16(12)22-14)21-11-1-2-13-9(5-11)3-4-19-13/h1-6,8,19H,(H,20,21). The van der Waals surface area contributed by atoms with Crippen molar-refractivity contribution in [2.24, 2.45) is 0 Å². The molecule has 0 bridgehead atoms. The highest BCUT2D eigenvalue weighted by Gasteiger charge is 2.12. The molecule has 6 heteroatoms. The van der Waals surface area contributed by atoms with Crippen molar-refractivity contribution in [3.63, 3.8) is 0 Å². The van der Waals surface area contributed by atoms with Gasteiger partial charge in [0.05, 0.1) is 14.1 Å². The molecule has 0 amide bonds. The van der Waals surface area contributed by atoms with E-state index in [1.165, 1.54) is 0 Å². The van der Waals surface area contributed by atoms with Gasteiger partial charge in [0.15, 0.2) is 0 Å². The molecular weight excluding hydrogens is 407 g/mol. The second kappa shape index (κ2) is 5.26. The van der Waals surface area contributed by atoms with Crippen LogP contribution in [0.25, 0.3) is 21.1 Å². The van der Waals surface area contributed by atoms with Gasteiger partial charge >= 0.3 is 0 Å². The Morgan fingerprint density at radius 2 is 2.18 bits per heavy atom. The Morgan fingerprint density at radius 3 is 3.05 bits per heavy atom. The van der Waals surface area contributed by atoms with E-state index in [-0.39, 0.29) is 0 Å². The number of thiophene rings is 1. The van der Waals surface area contributed by atoms with Crippen molar-refractivity contribution in [3.05, 3.63) is 51.2 Å². The van der Waals surface area contributed by atoms with Crippen LogP contribution in [0.15, 0.2) is 42.7 Å². The summed E-state index contributed by atoms with van der Waals surface area (Å²) in [6.45, 7) is 0. The minimum atomic E-state index is 0.552. The van der Waals surface area contributed by atoms with Crippen molar-refractivity contribution < 1.29 is 0 Å². The third kappa shape index (κ3) is 2.23. The SMILES string of the molecule is N#Cc1cnc2sc(I)cc2c1Nc1ccc2[nH]ccc2c1. The molecule has 2 N–H and O–H groups in total. The van der Waals surface area contributed by atoms with Crippen LogP contribution in [0.5, 0.6) is 0 Å². The molecule has 106 valence electrons. The molecule has 0 aliphatic rings. The molecule has 0 radical (unpaired) electrons. The number of hydrogen-bond donors (Lipinski definition) is 2. The largest absolute Gasteiger partial charge is 0.361 e. The van der Waals surface area contributed by atoms with Gasteiger partial charge < -0.3 is 10.3 Å². The second-order valence-electron chi connectivity index (χ2n) is 4.83. The molecule has 0 aliphatic carbocycles. The number of nitrogens with zero attached hydrogens (tertiary/aromatic N) is 2. The quantitative estimate of drug-likeness (QED) is 0.452. The summed E-state index contributed by atoms with van der Waals surface area (Å²) in [6, 6.07) is 12.4. The van der Waals surface area contributed by atoms with Crippen LogP contribution in [0.3, 0.4) is 0 Å². The summed E-state index contributed by atoms with van der Waals surface area (Å²) in [5.41, 5.74) is 3.42. The Balaban J connectivity index is 1.87. The van der Waals surface area contributed by atoms with E-state index in [0.717, 1.165) is 35.4 Å². The summed E-state index contributed by atoms with van der Waals surface area (Å²) in [4.78, 5) is 8.48. The number of nitrogens with one attached hydrogen (secondary N) is 2. The molecule has 0 atom stereocenters. The highest BCUT2D eigenvalue weighted by molar-refractivity contribution is 14.1. The highest BCUT2D eigenvalue weighted by atomic mass is 127. The van der Waals surface area contributed by atoms with Gasteiger partial charge in [-0.3, -0.25) is 0 Å². The van der Waals surface area contributed by atoms with Gasteiger partial charge in [-0.1, -0.05) is 0 Å². The molecule has 0 fully saturated rings. The van der Waals surface area contributed by atoms with Crippen LogP contribution in [0, 0.1) is 14.2 Å². The molecule has 0 unspecified atom stereocenters. The van der Waals surface area contributed by atoms with E-state index in [4.69, 9.17) is 0 Å². The number of anilines is 2. The summed E-state index contributed by atoms with van der Waals surface area (Å²) in [5.74, 6) is 0. The van der Waals surface area contributed by atoms with Crippen LogP contribution in [-0.4, -0.2) is 9.97 Å². The molecule has 4 aromatic rings. The van der Waals surface area contributed by atoms with Crippen LogP contribution < -0.4 is 5.32 Å². The van der Waals surface area contributed by atoms with E-state index in [1.807, 2.05) is 24.4 Å². The Morgan fingerprint density at radius 1 is 1.27 bits per heavy atom. The van der Waals surface area contributed by atoms with Gasteiger partial charge in [0.2, 0.25) is 0 Å². The van der Waals surface area contributed by atoms with Crippen molar-refractivity contribution in [3.8, 4) is 6.07 Å². The van der Waals surface area contributed by atoms with Crippen LogP contribution in [0.1, 0.15) is 5.56 Å². The lowest BCUT2D eigenvalue weighted by Crippen LogP contribution is -1.95. The summed E-state index contributed by atoms with van der Waals surface area (Å²) in [7, 11) is 0. The van der Waals surface area contributed by atoms with Gasteiger partial charge in [0.1, 0.15) is 10.9 Å². The van der Waals surface area contributed by atoms with Crippen molar-refractivity contribution in [2.45, 2.75) is 0 Å². The molecule has 0 saturated carbocycles. The van der Waals surface area contributed by atoms with Gasteiger partial charge in [-0.15, -0.1) is 11.3 Å². The third-order valence-electron chi connectivity index (χ3n) is 3.48. The lowest BCUT2D eigenvalue weighted by Gasteiger charge is -2.09. The van der Waals surface area contributed by atoms with Crippen LogP contribution in [0.2, 0.25) is 0 Å². The number of nitriles is 1. The zero-order valence-electron chi connectivity index (χ0n) is 11.2.